The molecule has 1 saturated heterocycles. The predicted octanol–water partition coefficient (Wildman–Crippen LogP) is 0.507. The summed E-state index contributed by atoms with van der Waals surface area (Å²) in [6.07, 6.45) is 0. The molecule has 7 heteroatoms. The maximum absolute atomic E-state index is 12.9. The van der Waals surface area contributed by atoms with Gasteiger partial charge in [-0.3, -0.25) is 14.5 Å². The molecule has 2 rings (SSSR count). The van der Waals surface area contributed by atoms with E-state index in [4.69, 9.17) is 0 Å². The van der Waals surface area contributed by atoms with E-state index in [1.54, 1.807) is 0 Å². The van der Waals surface area contributed by atoms with Crippen molar-refractivity contribution in [3.05, 3.63) is 35.6 Å². The Bertz CT molecular complexity index is 556. The summed E-state index contributed by atoms with van der Waals surface area (Å²) in [6, 6.07) is 3.77. The Balaban J connectivity index is 2.16. The predicted molar refractivity (Wildman–Crippen MR) is 68.1 cm³/mol. The first-order chi connectivity index (χ1) is 9.40. The van der Waals surface area contributed by atoms with Gasteiger partial charge in [-0.1, -0.05) is 12.1 Å². The van der Waals surface area contributed by atoms with Gasteiger partial charge in [-0.05, 0) is 17.7 Å². The van der Waals surface area contributed by atoms with Crippen LogP contribution in [0.15, 0.2) is 24.3 Å². The molecule has 0 saturated carbocycles. The molecule has 6 nitrogen and oxygen atoms in total. The molecule has 20 heavy (non-hydrogen) atoms. The second-order valence-electron chi connectivity index (χ2n) is 4.65. The second kappa shape index (κ2) is 5.28. The van der Waals surface area contributed by atoms with Gasteiger partial charge in [0.15, 0.2) is 0 Å². The standard InChI is InChI=1S/C13H14FN3O3/c1-16(2)10(18)7-17-12(19)11(15-13(17)20)8-3-5-9(14)6-4-8/h3-6,11H,7H2,1-2H3,(H,15,20). The number of imide groups is 1. The van der Waals surface area contributed by atoms with Crippen LogP contribution in [0.1, 0.15) is 11.6 Å². The van der Waals surface area contributed by atoms with E-state index in [0.717, 1.165) is 4.90 Å². The number of nitrogens with one attached hydrogen (secondary N) is 1. The Morgan fingerprint density at radius 1 is 1.30 bits per heavy atom. The van der Waals surface area contributed by atoms with Crippen molar-refractivity contribution >= 4 is 17.8 Å². The zero-order chi connectivity index (χ0) is 14.9. The number of carbonyl (C=O) groups excluding carboxylic acids is 3. The highest BCUT2D eigenvalue weighted by atomic mass is 19.1. The Morgan fingerprint density at radius 2 is 1.90 bits per heavy atom. The molecule has 1 N–H and O–H groups in total. The second-order valence-corrected chi connectivity index (χ2v) is 4.65. The minimum Gasteiger partial charge on any atom is -0.347 e. The number of hydrogen-bond donors (Lipinski definition) is 1. The summed E-state index contributed by atoms with van der Waals surface area (Å²) in [7, 11) is 3.08. The number of hydrogen-bond acceptors (Lipinski definition) is 3. The van der Waals surface area contributed by atoms with Crippen LogP contribution in [0, 0.1) is 5.82 Å². The van der Waals surface area contributed by atoms with Crippen LogP contribution in [0.3, 0.4) is 0 Å². The Labute approximate surface area is 115 Å². The quantitative estimate of drug-likeness (QED) is 0.819. The molecule has 4 amide bonds. The fourth-order valence-electron chi connectivity index (χ4n) is 1.83. The van der Waals surface area contributed by atoms with Crippen LogP contribution in [0.25, 0.3) is 0 Å². The zero-order valence-electron chi connectivity index (χ0n) is 11.1. The van der Waals surface area contributed by atoms with E-state index in [1.165, 1.54) is 43.3 Å². The summed E-state index contributed by atoms with van der Waals surface area (Å²) in [5, 5.41) is 2.48. The van der Waals surface area contributed by atoms with Crippen molar-refractivity contribution in [3.8, 4) is 0 Å². The number of carbonyl (C=O) groups is 3. The van der Waals surface area contributed by atoms with E-state index in [2.05, 4.69) is 5.32 Å². The molecule has 1 aliphatic rings. The molecule has 1 aromatic rings. The van der Waals surface area contributed by atoms with E-state index in [9.17, 15) is 18.8 Å². The van der Waals surface area contributed by atoms with Gasteiger partial charge in [-0.25, -0.2) is 9.18 Å². The van der Waals surface area contributed by atoms with Crippen LogP contribution in [0.4, 0.5) is 9.18 Å². The maximum atomic E-state index is 12.9. The number of halogens is 1. The average Bonchev–Trinajstić information content (AvgIpc) is 2.67. The monoisotopic (exact) mass is 279 g/mol. The summed E-state index contributed by atoms with van der Waals surface area (Å²) in [5.74, 6) is -1.30. The van der Waals surface area contributed by atoms with E-state index in [1.807, 2.05) is 0 Å². The van der Waals surface area contributed by atoms with Gasteiger partial charge in [0.1, 0.15) is 18.4 Å². The van der Waals surface area contributed by atoms with Gasteiger partial charge in [-0.15, -0.1) is 0 Å². The van der Waals surface area contributed by atoms with Gasteiger partial charge in [0.25, 0.3) is 5.91 Å². The summed E-state index contributed by atoms with van der Waals surface area (Å²) in [5.41, 5.74) is 0.476. The van der Waals surface area contributed by atoms with Gasteiger partial charge in [0.05, 0.1) is 0 Å². The fraction of sp³-hybridized carbons (Fsp3) is 0.308. The normalized spacial score (nSPS) is 18.1. The topological polar surface area (TPSA) is 69.7 Å². The average molecular weight is 279 g/mol. The van der Waals surface area contributed by atoms with Crippen molar-refractivity contribution in [1.29, 1.82) is 0 Å². The molecule has 1 aliphatic heterocycles. The number of nitrogens with zero attached hydrogens (tertiary/aromatic N) is 2. The van der Waals surface area contributed by atoms with Gasteiger partial charge < -0.3 is 10.2 Å². The number of urea groups is 1. The van der Waals surface area contributed by atoms with Crippen molar-refractivity contribution in [1.82, 2.24) is 15.1 Å². The highest BCUT2D eigenvalue weighted by Crippen LogP contribution is 2.22. The summed E-state index contributed by atoms with van der Waals surface area (Å²) in [6.45, 7) is -0.310. The molecule has 1 aromatic carbocycles. The van der Waals surface area contributed by atoms with Crippen molar-refractivity contribution < 1.29 is 18.8 Å². The Morgan fingerprint density at radius 3 is 2.45 bits per heavy atom. The molecule has 0 radical (unpaired) electrons. The molecule has 1 atom stereocenters. The van der Waals surface area contributed by atoms with Crippen LogP contribution < -0.4 is 5.32 Å². The first-order valence-corrected chi connectivity index (χ1v) is 5.97. The lowest BCUT2D eigenvalue weighted by Crippen LogP contribution is -2.40. The van der Waals surface area contributed by atoms with Gasteiger partial charge in [-0.2, -0.15) is 0 Å². The first kappa shape index (κ1) is 14.0. The number of amides is 4. The Hall–Kier alpha value is -2.44. The van der Waals surface area contributed by atoms with E-state index in [0.29, 0.717) is 5.56 Å². The molecular weight excluding hydrogens is 265 g/mol. The van der Waals surface area contributed by atoms with Crippen molar-refractivity contribution in [2.45, 2.75) is 6.04 Å². The molecule has 1 heterocycles. The fourth-order valence-corrected chi connectivity index (χ4v) is 1.83. The molecule has 0 aliphatic carbocycles. The van der Waals surface area contributed by atoms with Crippen LogP contribution in [0.5, 0.6) is 0 Å². The third-order valence-corrected chi connectivity index (χ3v) is 3.02. The SMILES string of the molecule is CN(C)C(=O)CN1C(=O)NC(c2ccc(F)cc2)C1=O. The number of likely N-dealkylation sites (N-methyl/N-ethyl adjacent to an activating group) is 1. The van der Waals surface area contributed by atoms with E-state index < -0.39 is 23.8 Å². The largest absolute Gasteiger partial charge is 0.347 e. The van der Waals surface area contributed by atoms with Gasteiger partial charge >= 0.3 is 6.03 Å². The Kier molecular flexibility index (Phi) is 3.69. The smallest absolute Gasteiger partial charge is 0.325 e. The van der Waals surface area contributed by atoms with Gasteiger partial charge in [0, 0.05) is 14.1 Å². The van der Waals surface area contributed by atoms with E-state index >= 15 is 0 Å². The lowest BCUT2D eigenvalue weighted by Gasteiger charge is -2.16. The molecular formula is C13H14FN3O3. The lowest BCUT2D eigenvalue weighted by atomic mass is 10.1. The van der Waals surface area contributed by atoms with Crippen molar-refractivity contribution in [2.75, 3.05) is 20.6 Å². The lowest BCUT2D eigenvalue weighted by molar-refractivity contribution is -0.135. The highest BCUT2D eigenvalue weighted by molar-refractivity contribution is 6.06. The zero-order valence-corrected chi connectivity index (χ0v) is 11.1. The third kappa shape index (κ3) is 2.61. The molecule has 1 fully saturated rings. The van der Waals surface area contributed by atoms with Crippen LogP contribution >= 0.6 is 0 Å². The summed E-state index contributed by atoms with van der Waals surface area (Å²) in [4.78, 5) is 37.6. The molecule has 0 spiro atoms. The van der Waals surface area contributed by atoms with Crippen LogP contribution in [-0.4, -0.2) is 48.3 Å². The highest BCUT2D eigenvalue weighted by Gasteiger charge is 2.39. The third-order valence-electron chi connectivity index (χ3n) is 3.02. The number of benzene rings is 1. The van der Waals surface area contributed by atoms with Crippen molar-refractivity contribution in [2.24, 2.45) is 0 Å². The molecule has 0 aromatic heterocycles. The van der Waals surface area contributed by atoms with Crippen LogP contribution in [0.2, 0.25) is 0 Å². The van der Waals surface area contributed by atoms with E-state index in [-0.39, 0.29) is 12.5 Å². The molecule has 1 unspecified atom stereocenters. The minimum atomic E-state index is -0.877. The van der Waals surface area contributed by atoms with Gasteiger partial charge in [0.2, 0.25) is 5.91 Å². The molecule has 0 bridgehead atoms. The van der Waals surface area contributed by atoms with Crippen molar-refractivity contribution in [3.63, 3.8) is 0 Å². The first-order valence-electron chi connectivity index (χ1n) is 5.97. The number of rotatable bonds is 3. The van der Waals surface area contributed by atoms with Crippen LogP contribution in [-0.2, 0) is 9.59 Å². The minimum absolute atomic E-state index is 0.310. The summed E-state index contributed by atoms with van der Waals surface area (Å²) >= 11 is 0. The maximum Gasteiger partial charge on any atom is 0.325 e. The molecule has 106 valence electrons. The summed E-state index contributed by atoms with van der Waals surface area (Å²) < 4.78 is 12.9.